The number of amides is 2. The molecular formula is C24H28N4O2. The van der Waals surface area contributed by atoms with E-state index in [9.17, 15) is 10.0 Å². The van der Waals surface area contributed by atoms with E-state index in [0.717, 1.165) is 35.5 Å². The predicted molar refractivity (Wildman–Crippen MR) is 117 cm³/mol. The van der Waals surface area contributed by atoms with Gasteiger partial charge in [0.15, 0.2) is 0 Å². The molecule has 1 N–H and O–H groups in total. The molecule has 2 aromatic carbocycles. The maximum Gasteiger partial charge on any atom is 0.343 e. The van der Waals surface area contributed by atoms with Gasteiger partial charge in [-0.05, 0) is 44.9 Å². The zero-order valence-electron chi connectivity index (χ0n) is 17.7. The van der Waals surface area contributed by atoms with Crippen molar-refractivity contribution in [1.82, 2.24) is 19.7 Å². The number of nitrogens with zero attached hydrogens (tertiary/aromatic N) is 4. The van der Waals surface area contributed by atoms with Crippen LogP contribution in [0.25, 0.3) is 16.9 Å². The second kappa shape index (κ2) is 8.32. The zero-order chi connectivity index (χ0) is 21.3. The predicted octanol–water partition coefficient (Wildman–Crippen LogP) is 4.78. The van der Waals surface area contributed by atoms with Crippen molar-refractivity contribution < 1.29 is 10.0 Å². The second-order valence-electron chi connectivity index (χ2n) is 8.14. The third-order valence-corrected chi connectivity index (χ3v) is 5.81. The Morgan fingerprint density at radius 2 is 1.57 bits per heavy atom. The first-order valence-corrected chi connectivity index (χ1v) is 10.4. The van der Waals surface area contributed by atoms with Gasteiger partial charge >= 0.3 is 6.03 Å². The molecule has 0 spiro atoms. The van der Waals surface area contributed by atoms with Gasteiger partial charge in [0, 0.05) is 31.6 Å². The van der Waals surface area contributed by atoms with Crippen LogP contribution in [0.4, 0.5) is 4.79 Å². The zero-order valence-corrected chi connectivity index (χ0v) is 17.7. The molecule has 3 aromatic rings. The van der Waals surface area contributed by atoms with Crippen molar-refractivity contribution in [2.75, 3.05) is 20.1 Å². The summed E-state index contributed by atoms with van der Waals surface area (Å²) in [5, 5.41) is 15.1. The van der Waals surface area contributed by atoms with E-state index in [1.54, 1.807) is 4.90 Å². The van der Waals surface area contributed by atoms with Crippen LogP contribution in [-0.2, 0) is 0 Å². The molecule has 1 saturated heterocycles. The third-order valence-electron chi connectivity index (χ3n) is 5.81. The van der Waals surface area contributed by atoms with Crippen LogP contribution in [0.2, 0.25) is 0 Å². The molecule has 0 radical (unpaired) electrons. The molecule has 2 heterocycles. The lowest BCUT2D eigenvalue weighted by molar-refractivity contribution is -0.0356. The number of likely N-dealkylation sites (tertiary alicyclic amines) is 1. The van der Waals surface area contributed by atoms with Gasteiger partial charge in [0.2, 0.25) is 0 Å². The van der Waals surface area contributed by atoms with Crippen LogP contribution >= 0.6 is 0 Å². The van der Waals surface area contributed by atoms with Crippen molar-refractivity contribution in [3.8, 4) is 16.9 Å². The van der Waals surface area contributed by atoms with E-state index in [1.165, 1.54) is 18.2 Å². The Balaban J connectivity index is 1.65. The number of hydrogen-bond acceptors (Lipinski definition) is 3. The van der Waals surface area contributed by atoms with Gasteiger partial charge in [-0.25, -0.2) is 14.5 Å². The van der Waals surface area contributed by atoms with E-state index < -0.39 is 0 Å². The average Bonchev–Trinajstić information content (AvgIpc) is 3.19. The first-order valence-electron chi connectivity index (χ1n) is 10.4. The molecule has 6 heteroatoms. The first kappa shape index (κ1) is 20.2. The Hall–Kier alpha value is -3.12. The summed E-state index contributed by atoms with van der Waals surface area (Å²) in [4.78, 5) is 13.7. The number of aromatic nitrogens is 2. The maximum absolute atomic E-state index is 12.0. The van der Waals surface area contributed by atoms with Crippen molar-refractivity contribution in [3.63, 3.8) is 0 Å². The highest BCUT2D eigenvalue weighted by Crippen LogP contribution is 2.32. The number of carbonyl (C=O) groups excluding carboxylic acids is 1. The van der Waals surface area contributed by atoms with E-state index in [4.69, 9.17) is 5.10 Å². The number of urea groups is 1. The molecule has 1 aliphatic heterocycles. The van der Waals surface area contributed by atoms with E-state index in [0.29, 0.717) is 18.2 Å². The Morgan fingerprint density at radius 1 is 1.00 bits per heavy atom. The minimum Gasteiger partial charge on any atom is -0.323 e. The monoisotopic (exact) mass is 404 g/mol. The van der Waals surface area contributed by atoms with Gasteiger partial charge in [-0.1, -0.05) is 47.5 Å². The van der Waals surface area contributed by atoms with E-state index >= 15 is 0 Å². The Morgan fingerprint density at radius 3 is 2.13 bits per heavy atom. The minimum absolute atomic E-state index is 0.286. The molecule has 0 bridgehead atoms. The van der Waals surface area contributed by atoms with Gasteiger partial charge in [-0.3, -0.25) is 5.21 Å². The molecule has 4 rings (SSSR count). The summed E-state index contributed by atoms with van der Waals surface area (Å²) in [6.45, 7) is 5.40. The largest absolute Gasteiger partial charge is 0.343 e. The number of carbonyl (C=O) groups is 1. The normalized spacial score (nSPS) is 14.7. The van der Waals surface area contributed by atoms with Crippen molar-refractivity contribution >= 4 is 6.03 Å². The van der Waals surface area contributed by atoms with E-state index in [2.05, 4.69) is 68.4 Å². The van der Waals surface area contributed by atoms with Crippen molar-refractivity contribution in [3.05, 3.63) is 71.4 Å². The molecular weight excluding hydrogens is 376 g/mol. The third kappa shape index (κ3) is 4.09. The number of hydrogen-bond donors (Lipinski definition) is 1. The number of piperidine rings is 1. The van der Waals surface area contributed by atoms with Crippen molar-refractivity contribution in [1.29, 1.82) is 0 Å². The maximum atomic E-state index is 12.0. The summed E-state index contributed by atoms with van der Waals surface area (Å²) in [6, 6.07) is 18.8. The fourth-order valence-corrected chi connectivity index (χ4v) is 3.98. The highest BCUT2D eigenvalue weighted by atomic mass is 16.5. The lowest BCUT2D eigenvalue weighted by Gasteiger charge is -2.32. The fraction of sp³-hybridized carbons (Fsp3) is 0.333. The summed E-state index contributed by atoms with van der Waals surface area (Å²) in [5.41, 5.74) is 6.74. The average molecular weight is 405 g/mol. The van der Waals surface area contributed by atoms with E-state index in [1.807, 2.05) is 4.68 Å². The summed E-state index contributed by atoms with van der Waals surface area (Å²) >= 11 is 0. The molecule has 1 aromatic heterocycles. The van der Waals surface area contributed by atoms with Crippen LogP contribution in [0, 0.1) is 13.8 Å². The molecule has 0 saturated carbocycles. The van der Waals surface area contributed by atoms with E-state index in [-0.39, 0.29) is 11.9 Å². The van der Waals surface area contributed by atoms with Gasteiger partial charge in [-0.15, -0.1) is 0 Å². The van der Waals surface area contributed by atoms with Crippen LogP contribution in [0.1, 0.15) is 35.6 Å². The number of aryl methyl sites for hydroxylation is 2. The van der Waals surface area contributed by atoms with Crippen LogP contribution in [0.5, 0.6) is 0 Å². The van der Waals surface area contributed by atoms with Crippen molar-refractivity contribution in [2.24, 2.45) is 0 Å². The summed E-state index contributed by atoms with van der Waals surface area (Å²) in [5.74, 6) is 0.286. The van der Waals surface area contributed by atoms with Crippen molar-refractivity contribution in [2.45, 2.75) is 32.6 Å². The highest BCUT2D eigenvalue weighted by molar-refractivity contribution is 5.73. The summed E-state index contributed by atoms with van der Waals surface area (Å²) < 4.78 is 2.03. The van der Waals surface area contributed by atoms with Gasteiger partial charge in [0.05, 0.1) is 17.1 Å². The molecule has 0 unspecified atom stereocenters. The van der Waals surface area contributed by atoms with Gasteiger partial charge in [0.25, 0.3) is 0 Å². The molecule has 0 aliphatic carbocycles. The SMILES string of the molecule is Cc1ccc(-c2cc(C3CCN(C(=O)N(C)O)CC3)nn2-c2ccc(C)cc2)cc1. The van der Waals surface area contributed by atoms with Gasteiger partial charge in [-0.2, -0.15) is 5.10 Å². The first-order chi connectivity index (χ1) is 14.4. The molecule has 30 heavy (non-hydrogen) atoms. The lowest BCUT2D eigenvalue weighted by Crippen LogP contribution is -2.43. The molecule has 1 aliphatic rings. The number of rotatable bonds is 3. The minimum atomic E-state index is -0.348. The standard InChI is InChI=1S/C24H28N4O2/c1-17-4-8-20(9-5-17)23-16-22(25-28(23)21-10-6-18(2)7-11-21)19-12-14-27(15-13-19)24(29)26(3)30/h4-11,16,19,30H,12-15H2,1-3H3. The Labute approximate surface area is 177 Å². The van der Waals surface area contributed by atoms with Crippen LogP contribution < -0.4 is 0 Å². The fourth-order valence-electron chi connectivity index (χ4n) is 3.98. The van der Waals surface area contributed by atoms with Gasteiger partial charge in [0.1, 0.15) is 0 Å². The molecule has 2 amide bonds. The van der Waals surface area contributed by atoms with Crippen LogP contribution in [-0.4, -0.2) is 51.1 Å². The van der Waals surface area contributed by atoms with Crippen LogP contribution in [0.15, 0.2) is 54.6 Å². The summed E-state index contributed by atoms with van der Waals surface area (Å²) in [7, 11) is 1.37. The smallest absolute Gasteiger partial charge is 0.323 e. The molecule has 0 atom stereocenters. The topological polar surface area (TPSA) is 61.6 Å². The highest BCUT2D eigenvalue weighted by Gasteiger charge is 2.27. The molecule has 156 valence electrons. The Kier molecular flexibility index (Phi) is 5.59. The number of hydroxylamine groups is 2. The lowest BCUT2D eigenvalue weighted by atomic mass is 9.93. The van der Waals surface area contributed by atoms with Gasteiger partial charge < -0.3 is 4.90 Å². The molecule has 1 fully saturated rings. The quantitative estimate of drug-likeness (QED) is 0.505. The number of benzene rings is 2. The summed E-state index contributed by atoms with van der Waals surface area (Å²) in [6.07, 6.45) is 1.66. The second-order valence-corrected chi connectivity index (χ2v) is 8.14. The van der Waals surface area contributed by atoms with Crippen LogP contribution in [0.3, 0.4) is 0 Å². The molecule has 6 nitrogen and oxygen atoms in total. The Bertz CT molecular complexity index is 951.